The molecule has 0 spiro atoms. The van der Waals surface area contributed by atoms with E-state index in [1.807, 2.05) is 38.1 Å². The first-order chi connectivity index (χ1) is 10.5. The molecule has 0 aliphatic carbocycles. The van der Waals surface area contributed by atoms with Crippen molar-refractivity contribution < 1.29 is 9.90 Å². The molecular weight excluding hydrogens is 278 g/mol. The zero-order valence-electron chi connectivity index (χ0n) is 12.4. The third kappa shape index (κ3) is 2.65. The average molecular weight is 295 g/mol. The summed E-state index contributed by atoms with van der Waals surface area (Å²) in [4.78, 5) is 12.3. The Hall–Kier alpha value is -2.82. The van der Waals surface area contributed by atoms with Crippen molar-refractivity contribution in [1.29, 1.82) is 0 Å². The van der Waals surface area contributed by atoms with Gasteiger partial charge < -0.3 is 10.4 Å². The molecular formula is C17H17N3O2. The van der Waals surface area contributed by atoms with Crippen LogP contribution in [0.4, 0.5) is 5.82 Å². The minimum absolute atomic E-state index is 0.0455. The summed E-state index contributed by atoms with van der Waals surface area (Å²) in [5.41, 5.74) is 1.17. The molecule has 0 saturated heterocycles. The quantitative estimate of drug-likeness (QED) is 0.690. The second kappa shape index (κ2) is 5.52. The number of carbonyl (C=O) groups excluding carboxylic acids is 1. The van der Waals surface area contributed by atoms with Gasteiger partial charge in [-0.15, -0.1) is 0 Å². The lowest BCUT2D eigenvalue weighted by molar-refractivity contribution is 0.102. The van der Waals surface area contributed by atoms with Crippen LogP contribution in [0.3, 0.4) is 0 Å². The third-order valence-corrected chi connectivity index (χ3v) is 3.57. The van der Waals surface area contributed by atoms with Crippen LogP contribution in [0.2, 0.25) is 0 Å². The molecule has 5 heteroatoms. The molecule has 0 fully saturated rings. The van der Waals surface area contributed by atoms with Crippen LogP contribution in [0.25, 0.3) is 10.8 Å². The van der Waals surface area contributed by atoms with Crippen LogP contribution in [0.1, 0.15) is 35.8 Å². The first kappa shape index (κ1) is 14.1. The molecule has 22 heavy (non-hydrogen) atoms. The Morgan fingerprint density at radius 2 is 1.86 bits per heavy atom. The van der Waals surface area contributed by atoms with Crippen molar-refractivity contribution in [3.63, 3.8) is 0 Å². The lowest BCUT2D eigenvalue weighted by Gasteiger charge is -2.06. The van der Waals surface area contributed by atoms with Crippen LogP contribution in [-0.4, -0.2) is 21.2 Å². The fourth-order valence-electron chi connectivity index (χ4n) is 2.29. The summed E-state index contributed by atoms with van der Waals surface area (Å²) in [6.45, 7) is 4.07. The minimum Gasteiger partial charge on any atom is -0.507 e. The summed E-state index contributed by atoms with van der Waals surface area (Å²) in [7, 11) is 0. The van der Waals surface area contributed by atoms with E-state index in [1.165, 1.54) is 0 Å². The lowest BCUT2D eigenvalue weighted by Crippen LogP contribution is -2.12. The predicted octanol–water partition coefficient (Wildman–Crippen LogP) is 3.64. The highest BCUT2D eigenvalue weighted by molar-refractivity contribution is 6.08. The molecule has 1 heterocycles. The van der Waals surface area contributed by atoms with Gasteiger partial charge in [0.05, 0.1) is 5.56 Å². The van der Waals surface area contributed by atoms with Gasteiger partial charge in [-0.05, 0) is 28.8 Å². The average Bonchev–Trinajstić information content (AvgIpc) is 2.95. The van der Waals surface area contributed by atoms with Crippen molar-refractivity contribution in [3.05, 3.63) is 53.7 Å². The number of benzene rings is 2. The third-order valence-electron chi connectivity index (χ3n) is 3.57. The Balaban J connectivity index is 1.89. The fraction of sp³-hybridized carbons (Fsp3) is 0.176. The maximum absolute atomic E-state index is 12.3. The number of H-pyrrole nitrogens is 1. The zero-order valence-corrected chi connectivity index (χ0v) is 12.4. The van der Waals surface area contributed by atoms with Gasteiger partial charge in [0.1, 0.15) is 5.75 Å². The van der Waals surface area contributed by atoms with Crippen molar-refractivity contribution in [1.82, 2.24) is 10.2 Å². The molecule has 3 rings (SSSR count). The molecule has 0 atom stereocenters. The van der Waals surface area contributed by atoms with Crippen LogP contribution < -0.4 is 5.32 Å². The largest absolute Gasteiger partial charge is 0.507 e. The topological polar surface area (TPSA) is 78.0 Å². The first-order valence-electron chi connectivity index (χ1n) is 7.13. The maximum Gasteiger partial charge on any atom is 0.260 e. The molecule has 3 aromatic rings. The van der Waals surface area contributed by atoms with Crippen LogP contribution in [0.5, 0.6) is 5.75 Å². The number of hydrogen-bond donors (Lipinski definition) is 3. The number of phenolic OH excluding ortho intramolecular Hbond substituents is 1. The van der Waals surface area contributed by atoms with Crippen molar-refractivity contribution >= 4 is 22.5 Å². The maximum atomic E-state index is 12.3. The number of phenols is 1. The molecule has 5 nitrogen and oxygen atoms in total. The summed E-state index contributed by atoms with van der Waals surface area (Å²) in [6, 6.07) is 12.6. The molecule has 0 radical (unpaired) electrons. The number of rotatable bonds is 3. The SMILES string of the molecule is CC(C)c1cc(NC(=O)c2cc3ccccc3cc2O)n[nH]1. The fourth-order valence-corrected chi connectivity index (χ4v) is 2.29. The Morgan fingerprint density at radius 3 is 2.50 bits per heavy atom. The number of aromatic nitrogens is 2. The lowest BCUT2D eigenvalue weighted by atomic mass is 10.1. The van der Waals surface area contributed by atoms with E-state index < -0.39 is 0 Å². The summed E-state index contributed by atoms with van der Waals surface area (Å²) in [5.74, 6) is 0.314. The summed E-state index contributed by atoms with van der Waals surface area (Å²) in [5, 5.41) is 21.5. The molecule has 0 saturated carbocycles. The Morgan fingerprint density at radius 1 is 1.18 bits per heavy atom. The first-order valence-corrected chi connectivity index (χ1v) is 7.13. The molecule has 1 aromatic heterocycles. The Labute approximate surface area is 128 Å². The normalized spacial score (nSPS) is 11.0. The number of fused-ring (bicyclic) bond motifs is 1. The number of nitrogens with one attached hydrogen (secondary N) is 2. The number of aromatic hydroxyl groups is 1. The molecule has 1 amide bonds. The predicted molar refractivity (Wildman–Crippen MR) is 86.2 cm³/mol. The second-order valence-electron chi connectivity index (χ2n) is 5.53. The number of hydrogen-bond acceptors (Lipinski definition) is 3. The van der Waals surface area contributed by atoms with E-state index in [2.05, 4.69) is 15.5 Å². The molecule has 0 aliphatic rings. The van der Waals surface area contributed by atoms with Crippen LogP contribution in [-0.2, 0) is 0 Å². The summed E-state index contributed by atoms with van der Waals surface area (Å²) >= 11 is 0. The van der Waals surface area contributed by atoms with E-state index >= 15 is 0 Å². The molecule has 0 bridgehead atoms. The van der Waals surface area contributed by atoms with Crippen LogP contribution in [0.15, 0.2) is 42.5 Å². The van der Waals surface area contributed by atoms with Gasteiger partial charge in [-0.3, -0.25) is 9.89 Å². The van der Waals surface area contributed by atoms with Gasteiger partial charge in [0.2, 0.25) is 0 Å². The second-order valence-corrected chi connectivity index (χ2v) is 5.53. The van der Waals surface area contributed by atoms with Gasteiger partial charge in [-0.1, -0.05) is 38.1 Å². The van der Waals surface area contributed by atoms with Gasteiger partial charge in [0, 0.05) is 11.8 Å². The molecule has 2 aromatic carbocycles. The number of nitrogens with zero attached hydrogens (tertiary/aromatic N) is 1. The molecule has 0 unspecified atom stereocenters. The highest BCUT2D eigenvalue weighted by Gasteiger charge is 2.14. The van der Waals surface area contributed by atoms with E-state index in [0.29, 0.717) is 11.7 Å². The van der Waals surface area contributed by atoms with Crippen molar-refractivity contribution in [2.45, 2.75) is 19.8 Å². The van der Waals surface area contributed by atoms with Gasteiger partial charge in [0.25, 0.3) is 5.91 Å². The van der Waals surface area contributed by atoms with E-state index in [9.17, 15) is 9.90 Å². The number of carbonyl (C=O) groups is 1. The van der Waals surface area contributed by atoms with Gasteiger partial charge in [-0.2, -0.15) is 5.10 Å². The standard InChI is InChI=1S/C17H17N3O2/c1-10(2)14-9-16(20-19-14)18-17(22)13-7-11-5-3-4-6-12(11)8-15(13)21/h3-10,21H,1-2H3,(H2,18,19,20,22). The number of amides is 1. The van der Waals surface area contributed by atoms with E-state index in [4.69, 9.17) is 0 Å². The van der Waals surface area contributed by atoms with Crippen molar-refractivity contribution in [3.8, 4) is 5.75 Å². The van der Waals surface area contributed by atoms with Crippen molar-refractivity contribution in [2.75, 3.05) is 5.32 Å². The highest BCUT2D eigenvalue weighted by atomic mass is 16.3. The zero-order chi connectivity index (χ0) is 15.7. The Kier molecular flexibility index (Phi) is 3.55. The summed E-state index contributed by atoms with van der Waals surface area (Å²) in [6.07, 6.45) is 0. The molecule has 0 aliphatic heterocycles. The van der Waals surface area contributed by atoms with Crippen LogP contribution >= 0.6 is 0 Å². The van der Waals surface area contributed by atoms with E-state index in [0.717, 1.165) is 16.5 Å². The van der Waals surface area contributed by atoms with E-state index in [1.54, 1.807) is 18.2 Å². The van der Waals surface area contributed by atoms with Crippen LogP contribution in [0, 0.1) is 0 Å². The molecule has 112 valence electrons. The number of anilines is 1. The van der Waals surface area contributed by atoms with E-state index in [-0.39, 0.29) is 17.2 Å². The Bertz CT molecular complexity index is 837. The van der Waals surface area contributed by atoms with Gasteiger partial charge >= 0.3 is 0 Å². The highest BCUT2D eigenvalue weighted by Crippen LogP contribution is 2.26. The van der Waals surface area contributed by atoms with Gasteiger partial charge in [-0.25, -0.2) is 0 Å². The number of aromatic amines is 1. The smallest absolute Gasteiger partial charge is 0.260 e. The molecule has 3 N–H and O–H groups in total. The monoisotopic (exact) mass is 295 g/mol. The minimum atomic E-state index is -0.384. The summed E-state index contributed by atoms with van der Waals surface area (Å²) < 4.78 is 0. The van der Waals surface area contributed by atoms with Gasteiger partial charge in [0.15, 0.2) is 5.82 Å². The van der Waals surface area contributed by atoms with Crippen molar-refractivity contribution in [2.24, 2.45) is 0 Å².